The van der Waals surface area contributed by atoms with Gasteiger partial charge in [0.05, 0.1) is 0 Å². The minimum absolute atomic E-state index is 0.665. The van der Waals surface area contributed by atoms with E-state index in [1.807, 2.05) is 6.20 Å². The van der Waals surface area contributed by atoms with E-state index in [4.69, 9.17) is 0 Å². The highest BCUT2D eigenvalue weighted by Crippen LogP contribution is 2.14. The van der Waals surface area contributed by atoms with E-state index in [0.29, 0.717) is 5.92 Å². The third-order valence-corrected chi connectivity index (χ3v) is 2.88. The Bertz CT molecular complexity index is 311. The maximum atomic E-state index is 4.50. The van der Waals surface area contributed by atoms with Crippen molar-refractivity contribution < 1.29 is 0 Å². The van der Waals surface area contributed by atoms with Crippen LogP contribution in [0.25, 0.3) is 0 Å². The summed E-state index contributed by atoms with van der Waals surface area (Å²) in [5, 5.41) is 3.42. The average Bonchev–Trinajstić information content (AvgIpc) is 2.53. The molecule has 1 fully saturated rings. The molecule has 1 N–H and O–H groups in total. The van der Waals surface area contributed by atoms with Gasteiger partial charge in [-0.05, 0) is 18.9 Å². The summed E-state index contributed by atoms with van der Waals surface area (Å²) in [6.07, 6.45) is 5.21. The zero-order chi connectivity index (χ0) is 11.4. The summed E-state index contributed by atoms with van der Waals surface area (Å²) in [5.74, 6) is 1.80. The maximum Gasteiger partial charge on any atom is 0.205 e. The molecule has 90 valence electrons. The first kappa shape index (κ1) is 11.5. The normalized spacial score (nSPS) is 17.8. The van der Waals surface area contributed by atoms with E-state index in [9.17, 15) is 0 Å². The predicted octanol–water partition coefficient (Wildman–Crippen LogP) is 1.34. The first-order valence-electron chi connectivity index (χ1n) is 6.24. The van der Waals surface area contributed by atoms with E-state index in [-0.39, 0.29) is 0 Å². The molecule has 1 aliphatic rings. The van der Waals surface area contributed by atoms with Crippen molar-refractivity contribution in [3.63, 3.8) is 0 Å². The molecule has 0 saturated carbocycles. The van der Waals surface area contributed by atoms with Crippen LogP contribution in [0.5, 0.6) is 0 Å². The van der Waals surface area contributed by atoms with Gasteiger partial charge in [-0.15, -0.1) is 0 Å². The maximum absolute atomic E-state index is 4.50. The molecular formula is C12H22N4. The van der Waals surface area contributed by atoms with Gasteiger partial charge in [-0.3, -0.25) is 0 Å². The summed E-state index contributed by atoms with van der Waals surface area (Å²) in [5.41, 5.74) is 0. The number of aromatic nitrogens is 2. The van der Waals surface area contributed by atoms with Gasteiger partial charge in [-0.2, -0.15) is 0 Å². The second kappa shape index (κ2) is 5.34. The number of imidazole rings is 1. The molecule has 4 heteroatoms. The number of hydrogen-bond acceptors (Lipinski definition) is 3. The molecule has 0 radical (unpaired) electrons. The van der Waals surface area contributed by atoms with E-state index < -0.39 is 0 Å². The molecule has 1 aromatic rings. The van der Waals surface area contributed by atoms with Crippen LogP contribution in [0.3, 0.4) is 0 Å². The van der Waals surface area contributed by atoms with E-state index >= 15 is 0 Å². The van der Waals surface area contributed by atoms with Gasteiger partial charge < -0.3 is 14.8 Å². The highest BCUT2D eigenvalue weighted by Gasteiger charge is 2.14. The molecule has 0 atom stereocenters. The van der Waals surface area contributed by atoms with Crippen LogP contribution in [0.15, 0.2) is 12.4 Å². The topological polar surface area (TPSA) is 33.1 Å². The van der Waals surface area contributed by atoms with Crippen molar-refractivity contribution >= 4 is 5.95 Å². The lowest BCUT2D eigenvalue weighted by molar-refractivity contribution is 0.518. The second-order valence-electron chi connectivity index (χ2n) is 4.86. The van der Waals surface area contributed by atoms with E-state index in [0.717, 1.165) is 38.7 Å². The SMILES string of the molecule is CC(C)Cn1ccnc1N1CCCNCC1. The van der Waals surface area contributed by atoms with Crippen molar-refractivity contribution in [1.29, 1.82) is 0 Å². The summed E-state index contributed by atoms with van der Waals surface area (Å²) >= 11 is 0. The van der Waals surface area contributed by atoms with Crippen LogP contribution in [-0.2, 0) is 6.54 Å². The molecule has 0 amide bonds. The van der Waals surface area contributed by atoms with E-state index in [1.165, 1.54) is 6.42 Å². The Kier molecular flexibility index (Phi) is 3.83. The van der Waals surface area contributed by atoms with Gasteiger partial charge in [-0.25, -0.2) is 4.98 Å². The van der Waals surface area contributed by atoms with E-state index in [2.05, 4.69) is 39.8 Å². The molecule has 16 heavy (non-hydrogen) atoms. The standard InChI is InChI=1S/C12H22N4/c1-11(2)10-16-9-6-14-12(16)15-7-3-4-13-5-8-15/h6,9,11,13H,3-5,7-8,10H2,1-2H3. The molecule has 1 saturated heterocycles. The smallest absolute Gasteiger partial charge is 0.205 e. The van der Waals surface area contributed by atoms with Crippen molar-refractivity contribution in [2.45, 2.75) is 26.8 Å². The van der Waals surface area contributed by atoms with Crippen LogP contribution in [-0.4, -0.2) is 35.7 Å². The minimum atomic E-state index is 0.665. The molecule has 0 aromatic carbocycles. The number of hydrogen-bond donors (Lipinski definition) is 1. The van der Waals surface area contributed by atoms with Crippen LogP contribution in [0, 0.1) is 5.92 Å². The van der Waals surface area contributed by atoms with Gasteiger partial charge in [-0.1, -0.05) is 13.8 Å². The monoisotopic (exact) mass is 222 g/mol. The third-order valence-electron chi connectivity index (χ3n) is 2.88. The van der Waals surface area contributed by atoms with Crippen LogP contribution in [0.4, 0.5) is 5.95 Å². The zero-order valence-corrected chi connectivity index (χ0v) is 10.3. The van der Waals surface area contributed by atoms with Crippen LogP contribution >= 0.6 is 0 Å². The predicted molar refractivity (Wildman–Crippen MR) is 66.8 cm³/mol. The summed E-state index contributed by atoms with van der Waals surface area (Å²) < 4.78 is 2.27. The Morgan fingerprint density at radius 2 is 2.25 bits per heavy atom. The lowest BCUT2D eigenvalue weighted by Crippen LogP contribution is -2.30. The molecule has 0 spiro atoms. The molecule has 4 nitrogen and oxygen atoms in total. The Morgan fingerprint density at radius 3 is 3.06 bits per heavy atom. The molecule has 0 aliphatic carbocycles. The Morgan fingerprint density at radius 1 is 1.38 bits per heavy atom. The first-order valence-corrected chi connectivity index (χ1v) is 6.24. The van der Waals surface area contributed by atoms with Crippen molar-refractivity contribution in [1.82, 2.24) is 14.9 Å². The molecule has 2 heterocycles. The van der Waals surface area contributed by atoms with Crippen LogP contribution < -0.4 is 10.2 Å². The fraction of sp³-hybridized carbons (Fsp3) is 0.750. The minimum Gasteiger partial charge on any atom is -0.341 e. The lowest BCUT2D eigenvalue weighted by Gasteiger charge is -2.22. The molecule has 0 bridgehead atoms. The summed E-state index contributed by atoms with van der Waals surface area (Å²) in [6.45, 7) is 9.91. The Balaban J connectivity index is 2.09. The van der Waals surface area contributed by atoms with Crippen molar-refractivity contribution in [2.24, 2.45) is 5.92 Å². The number of anilines is 1. The molecule has 0 unspecified atom stereocenters. The summed E-state index contributed by atoms with van der Waals surface area (Å²) in [4.78, 5) is 6.89. The van der Waals surface area contributed by atoms with Crippen molar-refractivity contribution in [3.8, 4) is 0 Å². The van der Waals surface area contributed by atoms with Crippen molar-refractivity contribution in [3.05, 3.63) is 12.4 Å². The van der Waals surface area contributed by atoms with E-state index in [1.54, 1.807) is 0 Å². The first-order chi connectivity index (χ1) is 7.77. The van der Waals surface area contributed by atoms with Crippen LogP contribution in [0.1, 0.15) is 20.3 Å². The van der Waals surface area contributed by atoms with Crippen molar-refractivity contribution in [2.75, 3.05) is 31.1 Å². The van der Waals surface area contributed by atoms with Crippen LogP contribution in [0.2, 0.25) is 0 Å². The van der Waals surface area contributed by atoms with Gasteiger partial charge >= 0.3 is 0 Å². The highest BCUT2D eigenvalue weighted by molar-refractivity contribution is 5.31. The summed E-state index contributed by atoms with van der Waals surface area (Å²) in [7, 11) is 0. The molecule has 1 aliphatic heterocycles. The van der Waals surface area contributed by atoms with Gasteiger partial charge in [0.1, 0.15) is 0 Å². The largest absolute Gasteiger partial charge is 0.341 e. The van der Waals surface area contributed by atoms with Gasteiger partial charge in [0.25, 0.3) is 0 Å². The van der Waals surface area contributed by atoms with Gasteiger partial charge in [0.15, 0.2) is 0 Å². The second-order valence-corrected chi connectivity index (χ2v) is 4.86. The number of nitrogens with one attached hydrogen (secondary N) is 1. The fourth-order valence-corrected chi connectivity index (χ4v) is 2.17. The average molecular weight is 222 g/mol. The molecule has 2 rings (SSSR count). The zero-order valence-electron chi connectivity index (χ0n) is 10.3. The molecule has 1 aromatic heterocycles. The van der Waals surface area contributed by atoms with Gasteiger partial charge in [0.2, 0.25) is 5.95 Å². The lowest BCUT2D eigenvalue weighted by atomic mass is 10.2. The molecular weight excluding hydrogens is 200 g/mol. The number of nitrogens with zero attached hydrogens (tertiary/aromatic N) is 3. The number of rotatable bonds is 3. The Hall–Kier alpha value is -1.03. The Labute approximate surface area is 97.7 Å². The summed E-state index contributed by atoms with van der Waals surface area (Å²) in [6, 6.07) is 0. The quantitative estimate of drug-likeness (QED) is 0.838. The van der Waals surface area contributed by atoms with Gasteiger partial charge in [0, 0.05) is 38.6 Å². The third kappa shape index (κ3) is 2.76. The highest BCUT2D eigenvalue weighted by atomic mass is 15.3. The fourth-order valence-electron chi connectivity index (χ4n) is 2.17.